The van der Waals surface area contributed by atoms with E-state index in [9.17, 15) is 9.18 Å². The maximum atomic E-state index is 13.8. The van der Waals surface area contributed by atoms with Crippen molar-refractivity contribution in [2.75, 3.05) is 6.54 Å². The molecule has 0 radical (unpaired) electrons. The van der Waals surface area contributed by atoms with Crippen LogP contribution in [-0.2, 0) is 5.54 Å². The number of halogens is 1. The van der Waals surface area contributed by atoms with Gasteiger partial charge in [-0.25, -0.2) is 9.18 Å². The van der Waals surface area contributed by atoms with Gasteiger partial charge in [0.05, 0.1) is 5.54 Å². The lowest BCUT2D eigenvalue weighted by molar-refractivity contribution is 0.173. The van der Waals surface area contributed by atoms with Gasteiger partial charge in [0.1, 0.15) is 5.82 Å². The molecule has 2 N–H and O–H groups in total. The van der Waals surface area contributed by atoms with E-state index in [1.807, 2.05) is 13.0 Å². The summed E-state index contributed by atoms with van der Waals surface area (Å²) in [5.74, 6) is -0.243. The monoisotopic (exact) mass is 250 g/mol. The molecule has 2 amide bonds. The van der Waals surface area contributed by atoms with Crippen molar-refractivity contribution in [2.24, 2.45) is 0 Å². The highest BCUT2D eigenvalue weighted by Crippen LogP contribution is 2.42. The molecule has 1 aromatic carbocycles. The molecule has 0 spiro atoms. The number of urea groups is 1. The lowest BCUT2D eigenvalue weighted by Gasteiger charge is -2.43. The van der Waals surface area contributed by atoms with Crippen molar-refractivity contribution < 1.29 is 9.18 Å². The van der Waals surface area contributed by atoms with Gasteiger partial charge in [-0.15, -0.1) is 0 Å². The Morgan fingerprint density at radius 1 is 1.39 bits per heavy atom. The predicted molar refractivity (Wildman–Crippen MR) is 68.8 cm³/mol. The molecule has 1 aliphatic rings. The Morgan fingerprint density at radius 2 is 2.11 bits per heavy atom. The fourth-order valence-corrected chi connectivity index (χ4v) is 2.34. The minimum atomic E-state index is -0.511. The van der Waals surface area contributed by atoms with Gasteiger partial charge in [-0.1, -0.05) is 25.1 Å². The van der Waals surface area contributed by atoms with Gasteiger partial charge in [0.25, 0.3) is 0 Å². The van der Waals surface area contributed by atoms with E-state index < -0.39 is 5.54 Å². The van der Waals surface area contributed by atoms with Crippen LogP contribution in [0.25, 0.3) is 0 Å². The van der Waals surface area contributed by atoms with Gasteiger partial charge in [0.15, 0.2) is 0 Å². The minimum Gasteiger partial charge on any atom is -0.338 e. The average molecular weight is 250 g/mol. The molecule has 1 aliphatic carbocycles. The largest absolute Gasteiger partial charge is 0.338 e. The number of hydrogen-bond acceptors (Lipinski definition) is 1. The molecule has 0 aromatic heterocycles. The SMILES string of the molecule is CCCNC(=O)NC1(c2ccccc2F)CCC1. The van der Waals surface area contributed by atoms with E-state index in [2.05, 4.69) is 10.6 Å². The molecule has 98 valence electrons. The summed E-state index contributed by atoms with van der Waals surface area (Å²) < 4.78 is 13.8. The van der Waals surface area contributed by atoms with Gasteiger partial charge < -0.3 is 10.6 Å². The Bertz CT molecular complexity index is 430. The molecule has 18 heavy (non-hydrogen) atoms. The second kappa shape index (κ2) is 5.38. The Balaban J connectivity index is 2.12. The van der Waals surface area contributed by atoms with Crippen molar-refractivity contribution in [1.29, 1.82) is 0 Å². The molecule has 1 fully saturated rings. The number of rotatable bonds is 4. The van der Waals surface area contributed by atoms with E-state index in [1.165, 1.54) is 6.07 Å². The van der Waals surface area contributed by atoms with Crippen LogP contribution in [0.15, 0.2) is 24.3 Å². The molecule has 2 rings (SSSR count). The number of benzene rings is 1. The Labute approximate surface area is 107 Å². The van der Waals surface area contributed by atoms with E-state index in [0.29, 0.717) is 12.1 Å². The summed E-state index contributed by atoms with van der Waals surface area (Å²) in [5, 5.41) is 5.70. The van der Waals surface area contributed by atoms with Crippen molar-refractivity contribution in [1.82, 2.24) is 10.6 Å². The molecule has 1 saturated carbocycles. The maximum Gasteiger partial charge on any atom is 0.315 e. The summed E-state index contributed by atoms with van der Waals surface area (Å²) in [5.41, 5.74) is 0.0892. The Morgan fingerprint density at radius 3 is 2.67 bits per heavy atom. The average Bonchev–Trinajstić information content (AvgIpc) is 2.32. The maximum absolute atomic E-state index is 13.8. The molecule has 0 atom stereocenters. The van der Waals surface area contributed by atoms with Crippen LogP contribution in [0, 0.1) is 5.82 Å². The first-order chi connectivity index (χ1) is 8.68. The van der Waals surface area contributed by atoms with Crippen molar-refractivity contribution in [2.45, 2.75) is 38.1 Å². The van der Waals surface area contributed by atoms with Crippen molar-refractivity contribution in [3.05, 3.63) is 35.6 Å². The Kier molecular flexibility index (Phi) is 3.84. The number of hydrogen-bond donors (Lipinski definition) is 2. The van der Waals surface area contributed by atoms with Crippen LogP contribution in [0.4, 0.5) is 9.18 Å². The number of amides is 2. The summed E-state index contributed by atoms with van der Waals surface area (Å²) in [6, 6.07) is 6.47. The molecule has 0 aliphatic heterocycles. The molecule has 3 nitrogen and oxygen atoms in total. The summed E-state index contributed by atoms with van der Waals surface area (Å²) in [4.78, 5) is 11.8. The lowest BCUT2D eigenvalue weighted by Crippen LogP contribution is -2.54. The third-order valence-electron chi connectivity index (χ3n) is 3.48. The van der Waals surface area contributed by atoms with Crippen LogP contribution in [0.2, 0.25) is 0 Å². The van der Waals surface area contributed by atoms with Crippen LogP contribution in [-0.4, -0.2) is 12.6 Å². The Hall–Kier alpha value is -1.58. The van der Waals surface area contributed by atoms with Crippen LogP contribution in [0.3, 0.4) is 0 Å². The van der Waals surface area contributed by atoms with Gasteiger partial charge in [0.2, 0.25) is 0 Å². The summed E-state index contributed by atoms with van der Waals surface area (Å²) in [7, 11) is 0. The van der Waals surface area contributed by atoms with Crippen LogP contribution in [0.5, 0.6) is 0 Å². The van der Waals surface area contributed by atoms with Crippen molar-refractivity contribution in [3.63, 3.8) is 0 Å². The number of nitrogens with one attached hydrogen (secondary N) is 2. The van der Waals surface area contributed by atoms with Crippen molar-refractivity contribution in [3.8, 4) is 0 Å². The van der Waals surface area contributed by atoms with Crippen LogP contribution >= 0.6 is 0 Å². The van der Waals surface area contributed by atoms with Gasteiger partial charge in [-0.3, -0.25) is 0 Å². The molecule has 0 saturated heterocycles. The van der Waals surface area contributed by atoms with Crippen LogP contribution < -0.4 is 10.6 Å². The third-order valence-corrected chi connectivity index (χ3v) is 3.48. The first-order valence-electron chi connectivity index (χ1n) is 6.49. The van der Waals surface area contributed by atoms with Gasteiger partial charge in [0, 0.05) is 12.1 Å². The summed E-state index contributed by atoms with van der Waals surface area (Å²) in [6.45, 7) is 2.63. The summed E-state index contributed by atoms with van der Waals surface area (Å²) >= 11 is 0. The van der Waals surface area contributed by atoms with Crippen molar-refractivity contribution >= 4 is 6.03 Å². The smallest absolute Gasteiger partial charge is 0.315 e. The fraction of sp³-hybridized carbons (Fsp3) is 0.500. The normalized spacial score (nSPS) is 16.8. The molecule has 1 aromatic rings. The molecule has 0 unspecified atom stereocenters. The number of carbonyl (C=O) groups excluding carboxylic acids is 1. The topological polar surface area (TPSA) is 41.1 Å². The zero-order valence-corrected chi connectivity index (χ0v) is 10.6. The van der Waals surface area contributed by atoms with E-state index >= 15 is 0 Å². The van der Waals surface area contributed by atoms with E-state index in [4.69, 9.17) is 0 Å². The van der Waals surface area contributed by atoms with E-state index in [-0.39, 0.29) is 11.8 Å². The zero-order chi connectivity index (χ0) is 13.0. The third kappa shape index (κ3) is 2.47. The first-order valence-corrected chi connectivity index (χ1v) is 6.49. The highest BCUT2D eigenvalue weighted by Gasteiger charge is 2.41. The first kappa shape index (κ1) is 12.9. The standard InChI is InChI=1S/C14H19FN2O/c1-2-10-16-13(18)17-14(8-5-9-14)11-6-3-4-7-12(11)15/h3-4,6-7H,2,5,8-10H2,1H3,(H2,16,17,18). The highest BCUT2D eigenvalue weighted by atomic mass is 19.1. The van der Waals surface area contributed by atoms with Crippen LogP contribution in [0.1, 0.15) is 38.2 Å². The van der Waals surface area contributed by atoms with Gasteiger partial charge >= 0.3 is 6.03 Å². The molecule has 0 bridgehead atoms. The summed E-state index contributed by atoms with van der Waals surface area (Å²) in [6.07, 6.45) is 3.50. The second-order valence-electron chi connectivity index (χ2n) is 4.80. The predicted octanol–water partition coefficient (Wildman–Crippen LogP) is 2.91. The molecular formula is C14H19FN2O. The molecule has 0 heterocycles. The minimum absolute atomic E-state index is 0.209. The number of carbonyl (C=O) groups is 1. The molecular weight excluding hydrogens is 231 g/mol. The van der Waals surface area contributed by atoms with Gasteiger partial charge in [-0.2, -0.15) is 0 Å². The lowest BCUT2D eigenvalue weighted by atomic mass is 9.71. The van der Waals surface area contributed by atoms with E-state index in [0.717, 1.165) is 25.7 Å². The van der Waals surface area contributed by atoms with Gasteiger partial charge in [-0.05, 0) is 31.7 Å². The zero-order valence-electron chi connectivity index (χ0n) is 10.6. The quantitative estimate of drug-likeness (QED) is 0.847. The van der Waals surface area contributed by atoms with E-state index in [1.54, 1.807) is 12.1 Å². The highest BCUT2D eigenvalue weighted by molar-refractivity contribution is 5.75. The second-order valence-corrected chi connectivity index (χ2v) is 4.80. The molecule has 4 heteroatoms. The fourth-order valence-electron chi connectivity index (χ4n) is 2.34.